The van der Waals surface area contributed by atoms with Crippen LogP contribution in [0.3, 0.4) is 0 Å². The molecule has 4 nitrogen and oxygen atoms in total. The summed E-state index contributed by atoms with van der Waals surface area (Å²) in [5, 5.41) is 1.06. The predicted octanol–water partition coefficient (Wildman–Crippen LogP) is 4.92. The highest BCUT2D eigenvalue weighted by molar-refractivity contribution is 7.99. The van der Waals surface area contributed by atoms with Crippen molar-refractivity contribution in [3.05, 3.63) is 42.1 Å². The molecule has 0 N–H and O–H groups in total. The van der Waals surface area contributed by atoms with Crippen LogP contribution in [0.25, 0.3) is 11.1 Å². The molecule has 0 atom stereocenters. The molecule has 0 radical (unpaired) electrons. The van der Waals surface area contributed by atoms with Crippen LogP contribution in [0.15, 0.2) is 35.5 Å². The summed E-state index contributed by atoms with van der Waals surface area (Å²) in [6, 6.07) is 6.31. The fraction of sp³-hybridized carbons (Fsp3) is 0.429. The lowest BCUT2D eigenvalue weighted by molar-refractivity contribution is -0.144. The van der Waals surface area contributed by atoms with Gasteiger partial charge in [-0.25, -0.2) is 13.8 Å². The van der Waals surface area contributed by atoms with Crippen LogP contribution in [-0.2, 0) is 9.53 Å². The van der Waals surface area contributed by atoms with Crippen LogP contribution in [0, 0.1) is 17.6 Å². The summed E-state index contributed by atoms with van der Waals surface area (Å²) in [6.07, 6.45) is 1.95. The van der Waals surface area contributed by atoms with Gasteiger partial charge in [0.25, 0.3) is 0 Å². The Morgan fingerprint density at radius 2 is 2.00 bits per heavy atom. The van der Waals surface area contributed by atoms with Gasteiger partial charge in [0, 0.05) is 36.0 Å². The first-order chi connectivity index (χ1) is 13.4. The number of anilines is 1. The zero-order valence-corrected chi connectivity index (χ0v) is 17.1. The lowest BCUT2D eigenvalue weighted by Gasteiger charge is -2.40. The van der Waals surface area contributed by atoms with Crippen LogP contribution in [0.2, 0.25) is 0 Å². The number of hydrogen-bond donors (Lipinski definition) is 0. The molecule has 28 heavy (non-hydrogen) atoms. The normalized spacial score (nSPS) is 14.3. The maximum Gasteiger partial charge on any atom is 0.306 e. The molecule has 3 rings (SSSR count). The minimum absolute atomic E-state index is 0.0363. The molecule has 0 spiro atoms. The van der Waals surface area contributed by atoms with Gasteiger partial charge < -0.3 is 9.64 Å². The zero-order chi connectivity index (χ0) is 20.3. The van der Waals surface area contributed by atoms with Crippen LogP contribution in [0.1, 0.15) is 27.2 Å². The van der Waals surface area contributed by atoms with Crippen LogP contribution < -0.4 is 4.90 Å². The summed E-state index contributed by atoms with van der Waals surface area (Å²) >= 11 is 1.56. The molecule has 1 aromatic carbocycles. The van der Waals surface area contributed by atoms with Gasteiger partial charge in [-0.1, -0.05) is 19.9 Å². The number of esters is 1. The lowest BCUT2D eigenvalue weighted by atomic mass is 9.95. The van der Waals surface area contributed by atoms with Gasteiger partial charge in [0.1, 0.15) is 22.3 Å². The molecule has 0 saturated carbocycles. The Morgan fingerprint density at radius 3 is 2.61 bits per heavy atom. The van der Waals surface area contributed by atoms with Crippen LogP contribution >= 0.6 is 11.8 Å². The molecule has 1 aliphatic heterocycles. The summed E-state index contributed by atoms with van der Waals surface area (Å²) in [5.41, 5.74) is 1.15. The van der Waals surface area contributed by atoms with Gasteiger partial charge in [-0.05, 0) is 30.7 Å². The van der Waals surface area contributed by atoms with E-state index in [2.05, 4.69) is 4.98 Å². The highest BCUT2D eigenvalue weighted by Crippen LogP contribution is 2.37. The maximum absolute atomic E-state index is 14.8. The second-order valence-corrected chi connectivity index (χ2v) is 8.66. The topological polar surface area (TPSA) is 42.4 Å². The highest BCUT2D eigenvalue weighted by Gasteiger charge is 2.33. The number of benzene rings is 1. The first-order valence-electron chi connectivity index (χ1n) is 9.40. The summed E-state index contributed by atoms with van der Waals surface area (Å²) < 4.78 is 34.5. The number of hydrogen-bond acceptors (Lipinski definition) is 5. The average molecular weight is 406 g/mol. The van der Waals surface area contributed by atoms with Gasteiger partial charge in [0.15, 0.2) is 0 Å². The molecule has 1 aliphatic rings. The van der Waals surface area contributed by atoms with E-state index >= 15 is 0 Å². The monoisotopic (exact) mass is 406 g/mol. The molecule has 150 valence electrons. The fourth-order valence-electron chi connectivity index (χ4n) is 3.29. The molecular weight excluding hydrogens is 382 g/mol. The smallest absolute Gasteiger partial charge is 0.306 e. The molecule has 2 heterocycles. The van der Waals surface area contributed by atoms with E-state index in [-0.39, 0.29) is 24.0 Å². The van der Waals surface area contributed by atoms with Crippen LogP contribution in [-0.4, -0.2) is 35.9 Å². The molecule has 7 heteroatoms. The number of pyridine rings is 1. The number of carbonyl (C=O) groups excluding carboxylic acids is 1. The molecule has 1 fully saturated rings. The van der Waals surface area contributed by atoms with E-state index in [0.717, 1.165) is 5.03 Å². The largest absolute Gasteiger partial charge is 0.466 e. The third-order valence-corrected chi connectivity index (χ3v) is 5.50. The molecule has 0 amide bonds. The minimum atomic E-state index is -0.603. The minimum Gasteiger partial charge on any atom is -0.466 e. The third-order valence-electron chi connectivity index (χ3n) is 4.48. The summed E-state index contributed by atoms with van der Waals surface area (Å²) in [6.45, 7) is 7.06. The van der Waals surface area contributed by atoms with Gasteiger partial charge in [0.05, 0.1) is 13.0 Å². The standard InChI is InChI=1S/C21H24F2N2O2S/c1-4-27-19(26)8-14-11-25(12-14)20-17(22)9-15(10-18(20)23)16-6-5-7-24-21(16)28-13(2)3/h5-7,9-10,13-14H,4,8,11-12H2,1-3H3. The first-order valence-corrected chi connectivity index (χ1v) is 10.3. The Bertz CT molecular complexity index is 831. The summed E-state index contributed by atoms with van der Waals surface area (Å²) in [5.74, 6) is -1.41. The molecule has 1 aromatic heterocycles. The van der Waals surface area contributed by atoms with Gasteiger partial charge >= 0.3 is 5.97 Å². The van der Waals surface area contributed by atoms with E-state index in [0.29, 0.717) is 36.1 Å². The lowest BCUT2D eigenvalue weighted by Crippen LogP contribution is -2.48. The number of aromatic nitrogens is 1. The van der Waals surface area contributed by atoms with Gasteiger partial charge in [0.2, 0.25) is 0 Å². The number of carbonyl (C=O) groups is 1. The Morgan fingerprint density at radius 1 is 1.32 bits per heavy atom. The van der Waals surface area contributed by atoms with Crippen molar-refractivity contribution in [2.24, 2.45) is 5.92 Å². The van der Waals surface area contributed by atoms with E-state index in [1.807, 2.05) is 19.9 Å². The Labute approximate surface area is 168 Å². The number of halogens is 2. The Kier molecular flexibility index (Phi) is 6.54. The molecule has 2 aromatic rings. The van der Waals surface area contributed by atoms with Crippen molar-refractivity contribution in [2.45, 2.75) is 37.5 Å². The van der Waals surface area contributed by atoms with Gasteiger partial charge in [-0.3, -0.25) is 4.79 Å². The molecule has 0 bridgehead atoms. The first kappa shape index (κ1) is 20.6. The number of ether oxygens (including phenoxy) is 1. The van der Waals surface area contributed by atoms with Crippen molar-refractivity contribution < 1.29 is 18.3 Å². The van der Waals surface area contributed by atoms with E-state index in [1.54, 1.807) is 35.8 Å². The number of rotatable bonds is 7. The molecule has 1 saturated heterocycles. The van der Waals surface area contributed by atoms with Gasteiger partial charge in [-0.2, -0.15) is 0 Å². The van der Waals surface area contributed by atoms with E-state index < -0.39 is 11.6 Å². The Balaban J connectivity index is 1.77. The highest BCUT2D eigenvalue weighted by atomic mass is 32.2. The van der Waals surface area contributed by atoms with Crippen molar-refractivity contribution in [2.75, 3.05) is 24.6 Å². The fourth-order valence-corrected chi connectivity index (χ4v) is 4.17. The Hall–Kier alpha value is -2.15. The van der Waals surface area contributed by atoms with E-state index in [4.69, 9.17) is 4.74 Å². The van der Waals surface area contributed by atoms with Gasteiger partial charge in [-0.15, -0.1) is 11.8 Å². The predicted molar refractivity (Wildman–Crippen MR) is 108 cm³/mol. The zero-order valence-electron chi connectivity index (χ0n) is 16.2. The van der Waals surface area contributed by atoms with Crippen LogP contribution in [0.4, 0.5) is 14.5 Å². The molecule has 0 aliphatic carbocycles. The number of thioether (sulfide) groups is 1. The van der Waals surface area contributed by atoms with E-state index in [9.17, 15) is 13.6 Å². The second kappa shape index (κ2) is 8.90. The van der Waals surface area contributed by atoms with Crippen molar-refractivity contribution >= 4 is 23.4 Å². The quantitative estimate of drug-likeness (QED) is 0.482. The van der Waals surface area contributed by atoms with Crippen molar-refractivity contribution in [1.82, 2.24) is 4.98 Å². The van der Waals surface area contributed by atoms with Crippen molar-refractivity contribution in [1.29, 1.82) is 0 Å². The second-order valence-electron chi connectivity index (χ2n) is 7.09. The SMILES string of the molecule is CCOC(=O)CC1CN(c2c(F)cc(-c3cccnc3SC(C)C)cc2F)C1. The van der Waals surface area contributed by atoms with Crippen molar-refractivity contribution in [3.63, 3.8) is 0 Å². The maximum atomic E-state index is 14.8. The average Bonchev–Trinajstić information content (AvgIpc) is 2.59. The van der Waals surface area contributed by atoms with Crippen molar-refractivity contribution in [3.8, 4) is 11.1 Å². The number of nitrogens with zero attached hydrogens (tertiary/aromatic N) is 2. The van der Waals surface area contributed by atoms with Crippen LogP contribution in [0.5, 0.6) is 0 Å². The summed E-state index contributed by atoms with van der Waals surface area (Å²) in [4.78, 5) is 17.5. The molecular formula is C21H24F2N2O2S. The summed E-state index contributed by atoms with van der Waals surface area (Å²) in [7, 11) is 0. The van der Waals surface area contributed by atoms with E-state index in [1.165, 1.54) is 12.1 Å². The molecule has 0 unspecified atom stereocenters. The third kappa shape index (κ3) is 4.63.